The first-order valence-corrected chi connectivity index (χ1v) is 27.6. The van der Waals surface area contributed by atoms with Gasteiger partial charge in [0.15, 0.2) is 0 Å². The van der Waals surface area contributed by atoms with Gasteiger partial charge in [-0.2, -0.15) is 0 Å². The van der Waals surface area contributed by atoms with E-state index in [2.05, 4.69) is 309 Å². The summed E-state index contributed by atoms with van der Waals surface area (Å²) in [6.45, 7) is 48.8. The highest BCUT2D eigenvalue weighted by molar-refractivity contribution is 5.81. The van der Waals surface area contributed by atoms with Gasteiger partial charge in [0.2, 0.25) is 0 Å². The first-order valence-electron chi connectivity index (χ1n) is 27.6. The Morgan fingerprint density at radius 2 is 0.360 bits per heavy atom. The lowest BCUT2D eigenvalue weighted by Gasteiger charge is -2.30. The molecular formula is C75H90. The normalized spacial score (nSPS) is 13.2. The molecule has 0 saturated heterocycles. The van der Waals surface area contributed by atoms with Crippen molar-refractivity contribution in [1.82, 2.24) is 0 Å². The third-order valence-electron chi connectivity index (χ3n) is 15.2. The van der Waals surface area contributed by atoms with Crippen LogP contribution in [0.2, 0.25) is 0 Å². The molecule has 0 atom stereocenters. The lowest BCUT2D eigenvalue weighted by Crippen LogP contribution is -2.19. The van der Waals surface area contributed by atoms with Gasteiger partial charge in [-0.1, -0.05) is 270 Å². The second-order valence-corrected chi connectivity index (χ2v) is 27.9. The Bertz CT molecular complexity index is 2780. The van der Waals surface area contributed by atoms with Crippen LogP contribution in [0.25, 0.3) is 69.8 Å². The van der Waals surface area contributed by atoms with E-state index in [0.29, 0.717) is 0 Å². The summed E-state index contributed by atoms with van der Waals surface area (Å²) in [7, 11) is 0. The predicted octanol–water partition coefficient (Wildman–Crippen LogP) is 21.9. The van der Waals surface area contributed by atoms with E-state index in [1.807, 2.05) is 0 Å². The Balaban J connectivity index is 1.22. The van der Waals surface area contributed by atoms with Crippen LogP contribution in [0, 0.1) is 20.8 Å². The van der Waals surface area contributed by atoms with E-state index in [9.17, 15) is 0 Å². The summed E-state index contributed by atoms with van der Waals surface area (Å²) < 4.78 is 0. The zero-order valence-electron chi connectivity index (χ0n) is 50.1. The molecule has 7 aromatic carbocycles. The molecule has 0 spiro atoms. The maximum Gasteiger partial charge on any atom is -0.0129 e. The number of rotatable bonds is 9. The minimum atomic E-state index is 0.0558. The van der Waals surface area contributed by atoms with Gasteiger partial charge in [-0.3, -0.25) is 0 Å². The summed E-state index contributed by atoms with van der Waals surface area (Å²) in [5.41, 5.74) is 27.6. The number of hydrogen-bond donors (Lipinski definition) is 0. The van der Waals surface area contributed by atoms with Crippen LogP contribution >= 0.6 is 0 Å². The number of benzene rings is 7. The molecule has 0 unspecified atom stereocenters. The molecule has 7 aromatic rings. The van der Waals surface area contributed by atoms with Gasteiger partial charge in [0.1, 0.15) is 0 Å². The Hall–Kier alpha value is -6.24. The number of hydrogen-bond acceptors (Lipinski definition) is 0. The van der Waals surface area contributed by atoms with E-state index < -0.39 is 0 Å². The highest BCUT2D eigenvalue weighted by Gasteiger charge is 2.28. The zero-order chi connectivity index (χ0) is 55.2. The van der Waals surface area contributed by atoms with Crippen molar-refractivity contribution in [1.29, 1.82) is 0 Å². The van der Waals surface area contributed by atoms with E-state index in [1.165, 1.54) is 100 Å². The third-order valence-corrected chi connectivity index (χ3v) is 15.2. The molecule has 0 heteroatoms. The summed E-state index contributed by atoms with van der Waals surface area (Å²) in [5.74, 6) is 0. The molecule has 0 fully saturated rings. The third kappa shape index (κ3) is 13.6. The highest BCUT2D eigenvalue weighted by atomic mass is 14.3. The van der Waals surface area contributed by atoms with Crippen molar-refractivity contribution in [2.45, 2.75) is 178 Å². The van der Waals surface area contributed by atoms with Crippen molar-refractivity contribution in [2.24, 2.45) is 0 Å². The average Bonchev–Trinajstić information content (AvgIpc) is 3.30. The van der Waals surface area contributed by atoms with Gasteiger partial charge in [0, 0.05) is 0 Å². The average molecular weight is 992 g/mol. The summed E-state index contributed by atoms with van der Waals surface area (Å²) in [6.07, 6.45) is 13.5. The fraction of sp³-hybridized carbons (Fsp3) is 0.360. The van der Waals surface area contributed by atoms with Crippen molar-refractivity contribution in [2.75, 3.05) is 0 Å². The maximum absolute atomic E-state index is 2.41. The van der Waals surface area contributed by atoms with E-state index >= 15 is 0 Å². The smallest absolute Gasteiger partial charge is 0.0129 e. The van der Waals surface area contributed by atoms with Crippen LogP contribution in [-0.2, 0) is 32.5 Å². The monoisotopic (exact) mass is 991 g/mol. The fourth-order valence-corrected chi connectivity index (χ4v) is 11.2. The molecule has 390 valence electrons. The Morgan fingerprint density at radius 1 is 0.200 bits per heavy atom. The van der Waals surface area contributed by atoms with Gasteiger partial charge in [0.05, 0.1) is 0 Å². The second-order valence-electron chi connectivity index (χ2n) is 27.9. The molecule has 0 aliphatic heterocycles. The van der Waals surface area contributed by atoms with E-state index in [0.717, 1.165) is 16.7 Å². The molecule has 0 aromatic heterocycles. The molecule has 0 saturated carbocycles. The van der Waals surface area contributed by atoms with Crippen molar-refractivity contribution >= 4 is 36.5 Å². The first kappa shape index (κ1) is 56.5. The molecule has 0 radical (unpaired) electrons. The molecule has 0 bridgehead atoms. The minimum absolute atomic E-state index is 0.0558. The highest BCUT2D eigenvalue weighted by Crippen LogP contribution is 2.41. The Kier molecular flexibility index (Phi) is 15.9. The standard InChI is InChI=1S/C75H90/c1-49-64(70(4,5)6)43-61(44-65(49)71(7,8)9)58-34-28-52(29-35-58)22-25-55-40-56(26-23-53-30-36-59(37-31-53)62-45-66(72(10,11)12)50(2)67(46-62)73(13,14)15)42-57(41-55)27-24-54-32-38-60(39-33-54)63-47-68(74(16,17)18)51(3)69(48-63)75(19,20)21/h22-48H,1-21H3/b25-22+,26-23+,27-24+. The van der Waals surface area contributed by atoms with E-state index in [4.69, 9.17) is 0 Å². The zero-order valence-corrected chi connectivity index (χ0v) is 50.1. The summed E-state index contributed by atoms with van der Waals surface area (Å²) in [6, 6.07) is 48.6. The lowest BCUT2D eigenvalue weighted by molar-refractivity contribution is 0.561. The van der Waals surface area contributed by atoms with Gasteiger partial charge in [-0.05, 0) is 188 Å². The second kappa shape index (κ2) is 21.1. The van der Waals surface area contributed by atoms with E-state index in [1.54, 1.807) is 0 Å². The fourth-order valence-electron chi connectivity index (χ4n) is 11.2. The van der Waals surface area contributed by atoms with Gasteiger partial charge >= 0.3 is 0 Å². The molecule has 0 nitrogen and oxygen atoms in total. The van der Waals surface area contributed by atoms with Crippen molar-refractivity contribution in [3.05, 3.63) is 211 Å². The molecule has 0 heterocycles. The molecule has 0 N–H and O–H groups in total. The molecular weight excluding hydrogens is 901 g/mol. The van der Waals surface area contributed by atoms with Crippen molar-refractivity contribution < 1.29 is 0 Å². The Labute approximate surface area is 456 Å². The van der Waals surface area contributed by atoms with Crippen LogP contribution in [0.1, 0.15) is 208 Å². The van der Waals surface area contributed by atoms with Crippen molar-refractivity contribution in [3.8, 4) is 33.4 Å². The summed E-state index contributed by atoms with van der Waals surface area (Å²) >= 11 is 0. The van der Waals surface area contributed by atoms with Gasteiger partial charge in [-0.25, -0.2) is 0 Å². The topological polar surface area (TPSA) is 0 Å². The molecule has 0 aliphatic carbocycles. The van der Waals surface area contributed by atoms with Crippen LogP contribution in [0.4, 0.5) is 0 Å². The van der Waals surface area contributed by atoms with Crippen LogP contribution in [-0.4, -0.2) is 0 Å². The van der Waals surface area contributed by atoms with Crippen molar-refractivity contribution in [3.63, 3.8) is 0 Å². The molecule has 75 heavy (non-hydrogen) atoms. The minimum Gasteiger partial charge on any atom is -0.0561 e. The van der Waals surface area contributed by atoms with Crippen LogP contribution < -0.4 is 0 Å². The quantitative estimate of drug-likeness (QED) is 0.126. The van der Waals surface area contributed by atoms with Gasteiger partial charge < -0.3 is 0 Å². The van der Waals surface area contributed by atoms with E-state index in [-0.39, 0.29) is 32.5 Å². The largest absolute Gasteiger partial charge is 0.0561 e. The van der Waals surface area contributed by atoms with Gasteiger partial charge in [0.25, 0.3) is 0 Å². The molecule has 0 aliphatic rings. The lowest BCUT2D eigenvalue weighted by atomic mass is 9.75. The van der Waals surface area contributed by atoms with Crippen LogP contribution in [0.5, 0.6) is 0 Å². The van der Waals surface area contributed by atoms with Crippen LogP contribution in [0.3, 0.4) is 0 Å². The Morgan fingerprint density at radius 3 is 0.520 bits per heavy atom. The first-order chi connectivity index (χ1) is 34.7. The van der Waals surface area contributed by atoms with Crippen LogP contribution in [0.15, 0.2) is 127 Å². The molecule has 0 amide bonds. The SMILES string of the molecule is Cc1c(C(C)(C)C)cc(-c2ccc(/C=C/c3cc(/C=C/c4ccc(-c5cc(C(C)(C)C)c(C)c(C(C)(C)C)c5)cc4)cc(/C=C/c4ccc(-c5cc(C(C)(C)C)c(C)c(C(C)(C)C)c5)cc4)c3)cc2)cc1C(C)(C)C. The summed E-state index contributed by atoms with van der Waals surface area (Å²) in [4.78, 5) is 0. The summed E-state index contributed by atoms with van der Waals surface area (Å²) in [5, 5.41) is 0. The predicted molar refractivity (Wildman–Crippen MR) is 335 cm³/mol. The maximum atomic E-state index is 2.41. The molecule has 7 rings (SSSR count). The van der Waals surface area contributed by atoms with Gasteiger partial charge in [-0.15, -0.1) is 0 Å².